The van der Waals surface area contributed by atoms with E-state index in [4.69, 9.17) is 9.84 Å². The number of nitrogens with zero attached hydrogens (tertiary/aromatic N) is 1. The zero-order chi connectivity index (χ0) is 22.9. The number of ether oxygens (including phenoxy) is 1. The minimum atomic E-state index is -4.51. The molecule has 0 fully saturated rings. The van der Waals surface area contributed by atoms with Crippen molar-refractivity contribution >= 4 is 16.9 Å². The van der Waals surface area contributed by atoms with E-state index in [1.165, 1.54) is 24.4 Å². The zero-order valence-corrected chi connectivity index (χ0v) is 17.0. The van der Waals surface area contributed by atoms with Gasteiger partial charge < -0.3 is 9.84 Å². The SMILES string of the molecule is Cc1cnc2c(C(F)(F)F)cccc2c1-c1cccc(OCc2cccc(C(=O)O)c2)c1. The number of hydrogen-bond donors (Lipinski definition) is 1. The summed E-state index contributed by atoms with van der Waals surface area (Å²) in [6, 6.07) is 17.5. The Labute approximate surface area is 181 Å². The van der Waals surface area contributed by atoms with Crippen LogP contribution in [0.1, 0.15) is 27.0 Å². The summed E-state index contributed by atoms with van der Waals surface area (Å²) in [5.74, 6) is -0.508. The van der Waals surface area contributed by atoms with Crippen molar-refractivity contribution in [2.45, 2.75) is 19.7 Å². The van der Waals surface area contributed by atoms with Gasteiger partial charge in [0.1, 0.15) is 12.4 Å². The molecule has 4 aromatic rings. The number of pyridine rings is 1. The summed E-state index contributed by atoms with van der Waals surface area (Å²) in [6.07, 6.45) is -3.06. The molecule has 3 aromatic carbocycles. The Bertz CT molecular complexity index is 1320. The van der Waals surface area contributed by atoms with Gasteiger partial charge in [0.2, 0.25) is 0 Å². The summed E-state index contributed by atoms with van der Waals surface area (Å²) in [4.78, 5) is 15.2. The van der Waals surface area contributed by atoms with Crippen LogP contribution in [0, 0.1) is 6.92 Å². The maximum atomic E-state index is 13.5. The van der Waals surface area contributed by atoms with E-state index in [0.29, 0.717) is 27.8 Å². The predicted octanol–water partition coefficient (Wildman–Crippen LogP) is 6.51. The van der Waals surface area contributed by atoms with E-state index >= 15 is 0 Å². The molecule has 32 heavy (non-hydrogen) atoms. The second-order valence-corrected chi connectivity index (χ2v) is 7.34. The molecule has 1 aromatic heterocycles. The summed E-state index contributed by atoms with van der Waals surface area (Å²) >= 11 is 0. The lowest BCUT2D eigenvalue weighted by Gasteiger charge is -2.15. The number of carbonyl (C=O) groups is 1. The third kappa shape index (κ3) is 4.27. The lowest BCUT2D eigenvalue weighted by molar-refractivity contribution is -0.136. The van der Waals surface area contributed by atoms with Crippen molar-refractivity contribution in [3.8, 4) is 16.9 Å². The van der Waals surface area contributed by atoms with Crippen LogP contribution < -0.4 is 4.74 Å². The largest absolute Gasteiger partial charge is 0.489 e. The van der Waals surface area contributed by atoms with E-state index in [9.17, 15) is 18.0 Å². The van der Waals surface area contributed by atoms with Crippen molar-refractivity contribution in [1.29, 1.82) is 0 Å². The van der Waals surface area contributed by atoms with E-state index in [0.717, 1.165) is 11.6 Å². The van der Waals surface area contributed by atoms with Crippen molar-refractivity contribution in [2.75, 3.05) is 0 Å². The second-order valence-electron chi connectivity index (χ2n) is 7.34. The first-order chi connectivity index (χ1) is 15.2. The van der Waals surface area contributed by atoms with Crippen LogP contribution in [0.15, 0.2) is 72.9 Å². The van der Waals surface area contributed by atoms with Gasteiger partial charge in [-0.25, -0.2) is 4.79 Å². The summed E-state index contributed by atoms with van der Waals surface area (Å²) < 4.78 is 46.2. The van der Waals surface area contributed by atoms with E-state index in [2.05, 4.69) is 4.98 Å². The van der Waals surface area contributed by atoms with Gasteiger partial charge in [-0.15, -0.1) is 0 Å². The molecule has 7 heteroatoms. The molecule has 0 amide bonds. The van der Waals surface area contributed by atoms with Gasteiger partial charge in [-0.3, -0.25) is 4.98 Å². The molecule has 1 N–H and O–H groups in total. The lowest BCUT2D eigenvalue weighted by atomic mass is 9.95. The van der Waals surface area contributed by atoms with Gasteiger partial charge in [0.25, 0.3) is 0 Å². The number of aromatic carboxylic acids is 1. The molecule has 0 aliphatic heterocycles. The molecule has 1 heterocycles. The monoisotopic (exact) mass is 437 g/mol. The molecule has 0 unspecified atom stereocenters. The number of alkyl halides is 3. The van der Waals surface area contributed by atoms with Crippen LogP contribution in [0.3, 0.4) is 0 Å². The molecule has 0 aliphatic carbocycles. The predicted molar refractivity (Wildman–Crippen MR) is 115 cm³/mol. The summed E-state index contributed by atoms with van der Waals surface area (Å²) in [6.45, 7) is 1.95. The van der Waals surface area contributed by atoms with Crippen LogP contribution in [0.5, 0.6) is 5.75 Å². The van der Waals surface area contributed by atoms with Crippen LogP contribution in [0.25, 0.3) is 22.0 Å². The number of aryl methyl sites for hydroxylation is 1. The van der Waals surface area contributed by atoms with E-state index in [1.807, 2.05) is 0 Å². The zero-order valence-electron chi connectivity index (χ0n) is 17.0. The topological polar surface area (TPSA) is 59.4 Å². The molecule has 0 aliphatic rings. The van der Waals surface area contributed by atoms with Gasteiger partial charge in [0, 0.05) is 11.6 Å². The van der Waals surface area contributed by atoms with Gasteiger partial charge in [-0.2, -0.15) is 13.2 Å². The first-order valence-corrected chi connectivity index (χ1v) is 9.75. The van der Waals surface area contributed by atoms with Crippen LogP contribution in [-0.4, -0.2) is 16.1 Å². The first kappa shape index (κ1) is 21.4. The minimum absolute atomic E-state index is 0.0996. The minimum Gasteiger partial charge on any atom is -0.489 e. The van der Waals surface area contributed by atoms with Crippen molar-refractivity contribution in [2.24, 2.45) is 0 Å². The number of fused-ring (bicyclic) bond motifs is 1. The number of hydrogen-bond acceptors (Lipinski definition) is 3. The van der Waals surface area contributed by atoms with Gasteiger partial charge in [0.05, 0.1) is 16.6 Å². The molecule has 0 saturated heterocycles. The molecular formula is C25H18F3NO3. The third-order valence-corrected chi connectivity index (χ3v) is 5.09. The Hall–Kier alpha value is -3.87. The lowest BCUT2D eigenvalue weighted by Crippen LogP contribution is -2.07. The van der Waals surface area contributed by atoms with E-state index in [1.54, 1.807) is 49.4 Å². The fourth-order valence-corrected chi connectivity index (χ4v) is 3.64. The van der Waals surface area contributed by atoms with Crippen molar-refractivity contribution in [3.05, 3.63) is 95.2 Å². The standard InChI is InChI=1S/C25H18F3NO3/c1-15-13-29-23-20(9-4-10-21(23)25(26,27)28)22(15)17-6-3-8-19(12-17)32-14-16-5-2-7-18(11-16)24(30)31/h2-13H,14H2,1H3,(H,30,31). The average Bonchev–Trinajstić information content (AvgIpc) is 2.77. The summed E-state index contributed by atoms with van der Waals surface area (Å²) in [5, 5.41) is 9.53. The van der Waals surface area contributed by atoms with E-state index in [-0.39, 0.29) is 17.7 Å². The van der Waals surface area contributed by atoms with Gasteiger partial charge >= 0.3 is 12.1 Å². The number of aromatic nitrogens is 1. The van der Waals surface area contributed by atoms with Crippen LogP contribution in [-0.2, 0) is 12.8 Å². The van der Waals surface area contributed by atoms with Crippen molar-refractivity contribution in [1.82, 2.24) is 4.98 Å². The average molecular weight is 437 g/mol. The highest BCUT2D eigenvalue weighted by atomic mass is 19.4. The third-order valence-electron chi connectivity index (χ3n) is 5.09. The number of halogens is 3. The first-order valence-electron chi connectivity index (χ1n) is 9.75. The van der Waals surface area contributed by atoms with Crippen molar-refractivity contribution < 1.29 is 27.8 Å². The molecule has 0 radical (unpaired) electrons. The number of benzene rings is 3. The Morgan fingerprint density at radius 2 is 1.78 bits per heavy atom. The van der Waals surface area contributed by atoms with Gasteiger partial charge in [-0.05, 0) is 59.5 Å². The Morgan fingerprint density at radius 3 is 2.53 bits per heavy atom. The second kappa shape index (κ2) is 8.34. The summed E-state index contributed by atoms with van der Waals surface area (Å²) in [7, 11) is 0. The number of carboxylic acids is 1. The fourth-order valence-electron chi connectivity index (χ4n) is 3.64. The van der Waals surface area contributed by atoms with Crippen LogP contribution in [0.2, 0.25) is 0 Å². The maximum Gasteiger partial charge on any atom is 0.418 e. The molecule has 0 saturated carbocycles. The highest BCUT2D eigenvalue weighted by Gasteiger charge is 2.33. The van der Waals surface area contributed by atoms with Gasteiger partial charge in [0.15, 0.2) is 0 Å². The Balaban J connectivity index is 1.70. The number of carboxylic acid groups (broad SMARTS) is 1. The molecule has 162 valence electrons. The number of para-hydroxylation sites is 1. The van der Waals surface area contributed by atoms with Gasteiger partial charge in [-0.1, -0.05) is 36.4 Å². The quantitative estimate of drug-likeness (QED) is 0.387. The van der Waals surface area contributed by atoms with Crippen LogP contribution >= 0.6 is 0 Å². The molecule has 4 rings (SSSR count). The summed E-state index contributed by atoms with van der Waals surface area (Å²) in [5.41, 5.74) is 2.07. The molecule has 4 nitrogen and oxygen atoms in total. The smallest absolute Gasteiger partial charge is 0.418 e. The molecule has 0 atom stereocenters. The highest BCUT2D eigenvalue weighted by molar-refractivity contribution is 5.97. The normalized spacial score (nSPS) is 11.5. The van der Waals surface area contributed by atoms with Crippen LogP contribution in [0.4, 0.5) is 13.2 Å². The molecular weight excluding hydrogens is 419 g/mol. The Kier molecular flexibility index (Phi) is 5.57. The molecule has 0 spiro atoms. The van der Waals surface area contributed by atoms with E-state index < -0.39 is 17.7 Å². The maximum absolute atomic E-state index is 13.5. The highest BCUT2D eigenvalue weighted by Crippen LogP contribution is 2.38. The molecule has 0 bridgehead atoms. The Morgan fingerprint density at radius 1 is 1.03 bits per heavy atom. The number of rotatable bonds is 5. The van der Waals surface area contributed by atoms with Crippen molar-refractivity contribution in [3.63, 3.8) is 0 Å². The fraction of sp³-hybridized carbons (Fsp3) is 0.120.